The number of benzene rings is 18. The molecule has 4 heterocycles. The summed E-state index contributed by atoms with van der Waals surface area (Å²) >= 11 is 7.37. The zero-order valence-corrected chi connectivity index (χ0v) is 66.8. The summed E-state index contributed by atoms with van der Waals surface area (Å²) < 4.78 is 3.54. The lowest BCUT2D eigenvalue weighted by molar-refractivity contribution is 0.726. The first kappa shape index (κ1) is 72.1. The molecule has 0 saturated heterocycles. The summed E-state index contributed by atoms with van der Waals surface area (Å²) in [7, 11) is 0. The van der Waals surface area contributed by atoms with Gasteiger partial charge in [0.2, 0.25) is 0 Å². The topological polar surface area (TPSA) is 27.2 Å². The van der Waals surface area contributed by atoms with Gasteiger partial charge in [-0.05, 0) is 222 Å². The molecule has 2 aliphatic heterocycles. The number of para-hydroxylation sites is 4. The molecule has 118 heavy (non-hydrogen) atoms. The SMILES string of the molecule is Brc1ccc(N(c2ccccc2)c2ccc(-c3ccccc3)cc2)cc1.C.c1ccc(-c2ccc(N(c3ccccc3)c3ccc(-n4c5ccccc5c5c6c(ccc54)C4(c5ccccc5S6)c5ccccc5-c5ccccc54)cc3)cc2)cc1.c1ccc2c(c1)Sc1c(ccc3[nH]c4ccccc4c13)C21c2ccccc2-c2ccccc21. The van der Waals surface area contributed by atoms with E-state index in [-0.39, 0.29) is 12.8 Å². The molecular formula is C111H77BrN4S2. The average Bonchev–Trinajstić information content (AvgIpc) is 1.50. The Bertz CT molecular complexity index is 7090. The Balaban J connectivity index is 0.000000121. The highest BCUT2D eigenvalue weighted by Crippen LogP contribution is 2.66. The van der Waals surface area contributed by atoms with E-state index in [1.165, 1.54) is 152 Å². The lowest BCUT2D eigenvalue weighted by Crippen LogP contribution is -2.32. The van der Waals surface area contributed by atoms with Crippen LogP contribution in [0.5, 0.6) is 0 Å². The van der Waals surface area contributed by atoms with Gasteiger partial charge in [-0.1, -0.05) is 350 Å². The van der Waals surface area contributed by atoms with Gasteiger partial charge in [-0.2, -0.15) is 0 Å². The van der Waals surface area contributed by atoms with E-state index in [4.69, 9.17) is 0 Å². The molecule has 2 spiro atoms. The van der Waals surface area contributed by atoms with Gasteiger partial charge in [0.15, 0.2) is 0 Å². The summed E-state index contributed by atoms with van der Waals surface area (Å²) in [6, 6.07) is 158. The van der Waals surface area contributed by atoms with E-state index in [9.17, 15) is 0 Å². The van der Waals surface area contributed by atoms with Crippen LogP contribution in [0, 0.1) is 0 Å². The first-order chi connectivity index (χ1) is 58.0. The van der Waals surface area contributed by atoms with Crippen LogP contribution in [0.1, 0.15) is 51.9 Å². The van der Waals surface area contributed by atoms with E-state index >= 15 is 0 Å². The zero-order chi connectivity index (χ0) is 77.5. The fourth-order valence-corrected chi connectivity index (χ4v) is 22.1. The van der Waals surface area contributed by atoms with Gasteiger partial charge in [-0.15, -0.1) is 0 Å². The second-order valence-corrected chi connectivity index (χ2v) is 33.3. The highest BCUT2D eigenvalue weighted by atomic mass is 79.9. The molecule has 24 rings (SSSR count). The second kappa shape index (κ2) is 29.9. The van der Waals surface area contributed by atoms with E-state index in [1.807, 2.05) is 35.7 Å². The molecule has 0 unspecified atom stereocenters. The van der Waals surface area contributed by atoms with Crippen LogP contribution in [0.3, 0.4) is 0 Å². The van der Waals surface area contributed by atoms with Crippen molar-refractivity contribution in [2.75, 3.05) is 9.80 Å². The number of H-pyrrole nitrogens is 1. The number of nitrogens with one attached hydrogen (secondary N) is 1. The molecule has 2 aromatic heterocycles. The summed E-state index contributed by atoms with van der Waals surface area (Å²) in [5.41, 5.74) is 33.2. The lowest BCUT2D eigenvalue weighted by atomic mass is 9.67. The van der Waals surface area contributed by atoms with Crippen LogP contribution in [0.4, 0.5) is 34.1 Å². The maximum Gasteiger partial charge on any atom is 0.0735 e. The fraction of sp³-hybridized carbons (Fsp3) is 0.0270. The summed E-state index contributed by atoms with van der Waals surface area (Å²) in [6.45, 7) is 0. The van der Waals surface area contributed by atoms with E-state index in [0.717, 1.165) is 44.3 Å². The fourth-order valence-electron chi connectivity index (χ4n) is 19.1. The molecule has 0 amide bonds. The maximum absolute atomic E-state index is 3.66. The molecule has 0 saturated carbocycles. The number of halogens is 1. The third kappa shape index (κ3) is 11.7. The van der Waals surface area contributed by atoms with Crippen LogP contribution >= 0.6 is 39.5 Å². The number of hydrogen-bond acceptors (Lipinski definition) is 4. The molecule has 4 aliphatic rings. The largest absolute Gasteiger partial charge is 0.354 e. The minimum atomic E-state index is -0.413. The third-order valence-corrected chi connectivity index (χ3v) is 27.0. The van der Waals surface area contributed by atoms with Crippen molar-refractivity contribution in [2.24, 2.45) is 0 Å². The molecule has 0 bridgehead atoms. The van der Waals surface area contributed by atoms with Crippen LogP contribution in [-0.4, -0.2) is 9.55 Å². The predicted octanol–water partition coefficient (Wildman–Crippen LogP) is 31.1. The number of rotatable bonds is 9. The monoisotopic (exact) mass is 1610 g/mol. The van der Waals surface area contributed by atoms with Gasteiger partial charge in [-0.25, -0.2) is 0 Å². The molecule has 2 aliphatic carbocycles. The van der Waals surface area contributed by atoms with Crippen LogP contribution in [0.2, 0.25) is 0 Å². The van der Waals surface area contributed by atoms with Gasteiger partial charge in [0, 0.05) is 96.4 Å². The predicted molar refractivity (Wildman–Crippen MR) is 501 cm³/mol. The van der Waals surface area contributed by atoms with Gasteiger partial charge in [0.1, 0.15) is 0 Å². The van der Waals surface area contributed by atoms with Crippen molar-refractivity contribution in [3.63, 3.8) is 0 Å². The normalized spacial score (nSPS) is 13.0. The van der Waals surface area contributed by atoms with Gasteiger partial charge in [0.05, 0.1) is 21.9 Å². The Morgan fingerprint density at radius 2 is 0.585 bits per heavy atom. The van der Waals surface area contributed by atoms with Crippen LogP contribution < -0.4 is 9.80 Å². The molecule has 7 heteroatoms. The van der Waals surface area contributed by atoms with Crippen molar-refractivity contribution < 1.29 is 0 Å². The quantitative estimate of drug-likeness (QED) is 0.156. The Hall–Kier alpha value is -13.7. The maximum atomic E-state index is 3.66. The number of aromatic nitrogens is 2. The zero-order valence-electron chi connectivity index (χ0n) is 63.6. The average molecular weight is 1610 g/mol. The number of fused-ring (bicyclic) bond motifs is 26. The lowest BCUT2D eigenvalue weighted by Gasteiger charge is -2.40. The smallest absolute Gasteiger partial charge is 0.0735 e. The first-order valence-electron chi connectivity index (χ1n) is 39.9. The Morgan fingerprint density at radius 1 is 0.246 bits per heavy atom. The Morgan fingerprint density at radius 3 is 1.05 bits per heavy atom. The molecule has 20 aromatic rings. The highest BCUT2D eigenvalue weighted by molar-refractivity contribution is 9.10. The molecule has 0 fully saturated rings. The molecule has 18 aromatic carbocycles. The van der Waals surface area contributed by atoms with E-state index < -0.39 is 5.41 Å². The molecule has 0 atom stereocenters. The summed E-state index contributed by atoms with van der Waals surface area (Å²) in [6.07, 6.45) is 0. The van der Waals surface area contributed by atoms with Crippen LogP contribution in [-0.2, 0) is 10.8 Å². The van der Waals surface area contributed by atoms with Crippen molar-refractivity contribution in [3.05, 3.63) is 486 Å². The van der Waals surface area contributed by atoms with Crippen molar-refractivity contribution >= 4 is 117 Å². The summed E-state index contributed by atoms with van der Waals surface area (Å²) in [4.78, 5) is 13.6. The van der Waals surface area contributed by atoms with Gasteiger partial charge >= 0.3 is 0 Å². The van der Waals surface area contributed by atoms with Crippen LogP contribution in [0.15, 0.2) is 461 Å². The first-order valence-corrected chi connectivity index (χ1v) is 42.3. The van der Waals surface area contributed by atoms with Crippen molar-refractivity contribution in [3.8, 4) is 50.2 Å². The number of aromatic amines is 1. The summed E-state index contributed by atoms with van der Waals surface area (Å²) in [5.74, 6) is 0. The van der Waals surface area contributed by atoms with Gasteiger partial charge in [0.25, 0.3) is 0 Å². The number of nitrogens with zero attached hydrogens (tertiary/aromatic N) is 3. The van der Waals surface area contributed by atoms with E-state index in [0.29, 0.717) is 0 Å². The van der Waals surface area contributed by atoms with E-state index in [2.05, 4.69) is 460 Å². The molecule has 4 nitrogen and oxygen atoms in total. The third-order valence-electron chi connectivity index (χ3n) is 24.1. The molecule has 1 N–H and O–H groups in total. The minimum absolute atomic E-state index is 0. The molecule has 560 valence electrons. The van der Waals surface area contributed by atoms with Crippen molar-refractivity contribution in [1.29, 1.82) is 0 Å². The number of anilines is 6. The van der Waals surface area contributed by atoms with Gasteiger partial charge < -0.3 is 19.4 Å². The van der Waals surface area contributed by atoms with Crippen LogP contribution in [0.25, 0.3) is 93.8 Å². The second-order valence-electron chi connectivity index (χ2n) is 30.3. The Kier molecular flexibility index (Phi) is 18.2. The van der Waals surface area contributed by atoms with Crippen molar-refractivity contribution in [1.82, 2.24) is 9.55 Å². The molecular weight excluding hydrogens is 1530 g/mol. The minimum Gasteiger partial charge on any atom is -0.354 e. The Labute approximate surface area is 704 Å². The highest BCUT2D eigenvalue weighted by Gasteiger charge is 2.52. The molecule has 0 radical (unpaired) electrons. The number of hydrogen-bond donors (Lipinski definition) is 1. The van der Waals surface area contributed by atoms with Crippen molar-refractivity contribution in [2.45, 2.75) is 37.8 Å². The van der Waals surface area contributed by atoms with E-state index in [1.54, 1.807) is 0 Å². The summed E-state index contributed by atoms with van der Waals surface area (Å²) in [5, 5.41) is 5.21. The van der Waals surface area contributed by atoms with Gasteiger partial charge in [-0.3, -0.25) is 0 Å². The standard InChI is InChI=1S/C55H36N2S.C31H19NS.C24H18BrN.CH4/c1-3-15-37(16-4-1)38-27-29-40(30-28-38)56(39-17-5-2-6-18-39)41-31-33-42(34-32-41)57-50-25-13-9-21-45(50)53-51(57)36-35-49-54(53)58-52-26-14-12-24-48(52)55(49)46-22-10-7-19-43(46)44-20-8-11-23-47(44)55;1-4-12-22-19(9-1)20-10-2-5-13-23(20)31(22)24-14-6-8-16-28(24)33-30-25(31)17-18-27-29(30)21-11-3-7-15-26(21)32-27;25-21-13-17-24(18-14-21)26(22-9-5-2-6-10-22)23-15-11-20(12-16-23)19-7-3-1-4-8-19;/h1-36H;1-18,32H;1-18H;1H4.